The van der Waals surface area contributed by atoms with Crippen LogP contribution in [0.2, 0.25) is 0 Å². The lowest BCUT2D eigenvalue weighted by Gasteiger charge is -2.29. The van der Waals surface area contributed by atoms with E-state index in [0.717, 1.165) is 45.9 Å². The van der Waals surface area contributed by atoms with Gasteiger partial charge in [-0.3, -0.25) is 14.8 Å². The van der Waals surface area contributed by atoms with Crippen LogP contribution in [0.5, 0.6) is 0 Å². The molecule has 2 rings (SSSR count). The summed E-state index contributed by atoms with van der Waals surface area (Å²) in [4.78, 5) is 8.73. The number of aliphatic hydroxyl groups is 1. The van der Waals surface area contributed by atoms with Gasteiger partial charge in [-0.25, -0.2) is 0 Å². The lowest BCUT2D eigenvalue weighted by atomic mass is 10.2. The van der Waals surface area contributed by atoms with E-state index >= 15 is 0 Å². The molecule has 0 aromatic carbocycles. The fourth-order valence-electron chi connectivity index (χ4n) is 2.27. The summed E-state index contributed by atoms with van der Waals surface area (Å²) in [5, 5.41) is 9.16. The first-order chi connectivity index (χ1) is 9.38. The molecule has 1 N–H and O–H groups in total. The molecule has 1 aliphatic heterocycles. The summed E-state index contributed by atoms with van der Waals surface area (Å²) in [5.74, 6) is 0. The molecule has 1 aromatic rings. The van der Waals surface area contributed by atoms with E-state index in [1.807, 2.05) is 24.5 Å². The smallest absolute Gasteiger partial charge is 0.0594 e. The minimum absolute atomic E-state index is 0.203. The maximum Gasteiger partial charge on any atom is 0.0594 e. The van der Waals surface area contributed by atoms with Gasteiger partial charge in [0.25, 0.3) is 0 Å². The second-order valence-electron chi connectivity index (χ2n) is 4.81. The van der Waals surface area contributed by atoms with Crippen LogP contribution in [0, 0.1) is 0 Å². The molecule has 1 saturated heterocycles. The average molecular weight is 265 g/mol. The van der Waals surface area contributed by atoms with E-state index in [1.54, 1.807) is 0 Å². The largest absolute Gasteiger partial charge is 0.395 e. The Morgan fingerprint density at radius 2 is 1.95 bits per heavy atom. The Balaban J connectivity index is 1.78. The zero-order valence-electron chi connectivity index (χ0n) is 11.4. The second kappa shape index (κ2) is 8.22. The summed E-state index contributed by atoms with van der Waals surface area (Å²) in [6.45, 7) is 7.50. The Labute approximate surface area is 114 Å². The molecule has 0 saturated carbocycles. The number of hydrogen-bond donors (Lipinski definition) is 1. The normalized spacial score (nSPS) is 16.9. The van der Waals surface area contributed by atoms with Crippen molar-refractivity contribution < 1.29 is 9.84 Å². The molecule has 0 atom stereocenters. The topological polar surface area (TPSA) is 48.8 Å². The number of ether oxygens (including phenoxy) is 1. The van der Waals surface area contributed by atoms with Crippen LogP contribution in [0.3, 0.4) is 0 Å². The summed E-state index contributed by atoms with van der Waals surface area (Å²) >= 11 is 0. The van der Waals surface area contributed by atoms with Gasteiger partial charge in [-0.2, -0.15) is 0 Å². The lowest BCUT2D eigenvalue weighted by molar-refractivity contribution is 0.0320. The van der Waals surface area contributed by atoms with Gasteiger partial charge in [-0.05, 0) is 17.7 Å². The van der Waals surface area contributed by atoms with E-state index in [1.165, 1.54) is 5.56 Å². The number of aromatic nitrogens is 1. The van der Waals surface area contributed by atoms with Crippen LogP contribution in [0.25, 0.3) is 0 Å². The molecule has 0 aliphatic carbocycles. The van der Waals surface area contributed by atoms with Crippen LogP contribution in [0.1, 0.15) is 5.56 Å². The molecule has 0 unspecified atom stereocenters. The SMILES string of the molecule is OCCN(CCN1CCOCC1)Cc1ccncc1. The number of nitrogens with zero attached hydrogens (tertiary/aromatic N) is 3. The first-order valence-electron chi connectivity index (χ1n) is 6.90. The first-order valence-corrected chi connectivity index (χ1v) is 6.90. The summed E-state index contributed by atoms with van der Waals surface area (Å²) in [5.41, 5.74) is 1.24. The minimum atomic E-state index is 0.203. The van der Waals surface area contributed by atoms with Crippen molar-refractivity contribution in [2.45, 2.75) is 6.54 Å². The summed E-state index contributed by atoms with van der Waals surface area (Å²) in [6.07, 6.45) is 3.63. The molecule has 5 heteroatoms. The van der Waals surface area contributed by atoms with Crippen molar-refractivity contribution in [1.82, 2.24) is 14.8 Å². The monoisotopic (exact) mass is 265 g/mol. The Morgan fingerprint density at radius 3 is 2.63 bits per heavy atom. The Morgan fingerprint density at radius 1 is 1.21 bits per heavy atom. The minimum Gasteiger partial charge on any atom is -0.395 e. The van der Waals surface area contributed by atoms with E-state index in [2.05, 4.69) is 14.8 Å². The highest BCUT2D eigenvalue weighted by molar-refractivity contribution is 5.09. The number of rotatable bonds is 7. The summed E-state index contributed by atoms with van der Waals surface area (Å²) in [6, 6.07) is 4.05. The van der Waals surface area contributed by atoms with Crippen molar-refractivity contribution >= 4 is 0 Å². The van der Waals surface area contributed by atoms with Crippen LogP contribution < -0.4 is 0 Å². The van der Waals surface area contributed by atoms with Crippen LogP contribution in [-0.4, -0.2) is 72.4 Å². The molecule has 1 fully saturated rings. The van der Waals surface area contributed by atoms with Crippen molar-refractivity contribution in [1.29, 1.82) is 0 Å². The van der Waals surface area contributed by atoms with Gasteiger partial charge in [0, 0.05) is 51.7 Å². The first kappa shape index (κ1) is 14.4. The van der Waals surface area contributed by atoms with Crippen molar-refractivity contribution in [3.63, 3.8) is 0 Å². The van der Waals surface area contributed by atoms with E-state index < -0.39 is 0 Å². The van der Waals surface area contributed by atoms with Gasteiger partial charge < -0.3 is 9.84 Å². The molecular weight excluding hydrogens is 242 g/mol. The van der Waals surface area contributed by atoms with Crippen molar-refractivity contribution in [2.75, 3.05) is 52.5 Å². The predicted molar refractivity (Wildman–Crippen MR) is 73.9 cm³/mol. The average Bonchev–Trinajstić information content (AvgIpc) is 2.47. The Kier molecular flexibility index (Phi) is 6.23. The van der Waals surface area contributed by atoms with Crippen molar-refractivity contribution in [3.05, 3.63) is 30.1 Å². The van der Waals surface area contributed by atoms with Crippen molar-refractivity contribution in [2.24, 2.45) is 0 Å². The molecule has 0 amide bonds. The number of hydrogen-bond acceptors (Lipinski definition) is 5. The number of aliphatic hydroxyl groups excluding tert-OH is 1. The van der Waals surface area contributed by atoms with Gasteiger partial charge in [-0.15, -0.1) is 0 Å². The molecule has 0 bridgehead atoms. The van der Waals surface area contributed by atoms with Crippen LogP contribution in [0.4, 0.5) is 0 Å². The molecule has 0 spiro atoms. The van der Waals surface area contributed by atoms with Gasteiger partial charge in [0.1, 0.15) is 0 Å². The molecule has 106 valence electrons. The third-order valence-electron chi connectivity index (χ3n) is 3.41. The molecule has 5 nitrogen and oxygen atoms in total. The quantitative estimate of drug-likeness (QED) is 0.763. The van der Waals surface area contributed by atoms with E-state index in [-0.39, 0.29) is 6.61 Å². The van der Waals surface area contributed by atoms with E-state index in [9.17, 15) is 0 Å². The molecule has 1 aliphatic rings. The maximum atomic E-state index is 9.16. The second-order valence-corrected chi connectivity index (χ2v) is 4.81. The van der Waals surface area contributed by atoms with Crippen LogP contribution >= 0.6 is 0 Å². The van der Waals surface area contributed by atoms with Crippen LogP contribution in [0.15, 0.2) is 24.5 Å². The zero-order chi connectivity index (χ0) is 13.3. The van der Waals surface area contributed by atoms with E-state index in [4.69, 9.17) is 9.84 Å². The standard InChI is InChI=1S/C14H23N3O2/c18-10-7-17(13-14-1-3-15-4-2-14)6-5-16-8-11-19-12-9-16/h1-4,18H,5-13H2. The van der Waals surface area contributed by atoms with Gasteiger partial charge in [0.05, 0.1) is 19.8 Å². The summed E-state index contributed by atoms with van der Waals surface area (Å²) < 4.78 is 5.35. The van der Waals surface area contributed by atoms with Gasteiger partial charge >= 0.3 is 0 Å². The molecule has 0 radical (unpaired) electrons. The summed E-state index contributed by atoms with van der Waals surface area (Å²) in [7, 11) is 0. The predicted octanol–water partition coefficient (Wildman–Crippen LogP) is 0.208. The highest BCUT2D eigenvalue weighted by Gasteiger charge is 2.12. The molecule has 2 heterocycles. The van der Waals surface area contributed by atoms with Gasteiger partial charge in [-0.1, -0.05) is 0 Å². The van der Waals surface area contributed by atoms with E-state index in [0.29, 0.717) is 6.54 Å². The van der Waals surface area contributed by atoms with Crippen molar-refractivity contribution in [3.8, 4) is 0 Å². The fraction of sp³-hybridized carbons (Fsp3) is 0.643. The third-order valence-corrected chi connectivity index (χ3v) is 3.41. The Hall–Kier alpha value is -1.01. The molecular formula is C14H23N3O2. The van der Waals surface area contributed by atoms with Crippen LogP contribution in [-0.2, 0) is 11.3 Å². The number of morpholine rings is 1. The zero-order valence-corrected chi connectivity index (χ0v) is 11.4. The number of pyridine rings is 1. The van der Waals surface area contributed by atoms with Gasteiger partial charge in [0.2, 0.25) is 0 Å². The lowest BCUT2D eigenvalue weighted by Crippen LogP contribution is -2.41. The maximum absolute atomic E-state index is 9.16. The highest BCUT2D eigenvalue weighted by atomic mass is 16.5. The third kappa shape index (κ3) is 5.24. The molecule has 1 aromatic heterocycles. The highest BCUT2D eigenvalue weighted by Crippen LogP contribution is 2.04. The molecule has 19 heavy (non-hydrogen) atoms. The fourth-order valence-corrected chi connectivity index (χ4v) is 2.27. The van der Waals surface area contributed by atoms with Gasteiger partial charge in [0.15, 0.2) is 0 Å². The Bertz CT molecular complexity index is 342.